The van der Waals surface area contributed by atoms with Crippen LogP contribution in [0.25, 0.3) is 0 Å². The minimum Gasteiger partial charge on any atom is -0.379 e. The maximum atomic E-state index is 5.79. The average molecular weight is 381 g/mol. The summed E-state index contributed by atoms with van der Waals surface area (Å²) in [5.41, 5.74) is 0.370. The van der Waals surface area contributed by atoms with Crippen molar-refractivity contribution in [1.82, 2.24) is 15.1 Å². The zero-order chi connectivity index (χ0) is 19.0. The van der Waals surface area contributed by atoms with Crippen molar-refractivity contribution >= 4 is 5.96 Å². The summed E-state index contributed by atoms with van der Waals surface area (Å²) in [6, 6.07) is 0. The van der Waals surface area contributed by atoms with Crippen LogP contribution in [0.3, 0.4) is 0 Å². The van der Waals surface area contributed by atoms with E-state index in [2.05, 4.69) is 27.2 Å². The second kappa shape index (κ2) is 10.6. The highest BCUT2D eigenvalue weighted by Gasteiger charge is 2.34. The molecule has 0 spiro atoms. The maximum absolute atomic E-state index is 5.79. The predicted molar refractivity (Wildman–Crippen MR) is 110 cm³/mol. The van der Waals surface area contributed by atoms with Crippen molar-refractivity contribution in [3.8, 4) is 0 Å². The summed E-state index contributed by atoms with van der Waals surface area (Å²) in [7, 11) is 4.00. The molecule has 0 atom stereocenters. The van der Waals surface area contributed by atoms with Gasteiger partial charge in [-0.1, -0.05) is 19.3 Å². The average Bonchev–Trinajstić information content (AvgIpc) is 3.52. The van der Waals surface area contributed by atoms with E-state index >= 15 is 0 Å². The van der Waals surface area contributed by atoms with E-state index in [0.29, 0.717) is 5.41 Å². The molecule has 3 aliphatic rings. The number of hydrogen-bond acceptors (Lipinski definition) is 4. The summed E-state index contributed by atoms with van der Waals surface area (Å²) in [6.07, 6.45) is 9.45. The first-order valence-electron chi connectivity index (χ1n) is 11.0. The minimum atomic E-state index is 0.370. The molecule has 0 amide bonds. The lowest BCUT2D eigenvalue weighted by molar-refractivity contribution is 0.00807. The van der Waals surface area contributed by atoms with Gasteiger partial charge >= 0.3 is 0 Å². The first-order valence-corrected chi connectivity index (χ1v) is 11.0. The van der Waals surface area contributed by atoms with E-state index < -0.39 is 0 Å². The van der Waals surface area contributed by atoms with Crippen LogP contribution in [0.5, 0.6) is 0 Å². The van der Waals surface area contributed by atoms with E-state index in [9.17, 15) is 0 Å². The largest absolute Gasteiger partial charge is 0.379 e. The molecule has 6 heteroatoms. The predicted octanol–water partition coefficient (Wildman–Crippen LogP) is 2.20. The van der Waals surface area contributed by atoms with E-state index in [0.717, 1.165) is 64.5 Å². The van der Waals surface area contributed by atoms with Crippen molar-refractivity contribution in [3.05, 3.63) is 0 Å². The second-order valence-electron chi connectivity index (χ2n) is 8.79. The van der Waals surface area contributed by atoms with E-state index in [-0.39, 0.29) is 0 Å². The maximum Gasteiger partial charge on any atom is 0.193 e. The Morgan fingerprint density at radius 2 is 1.96 bits per heavy atom. The van der Waals surface area contributed by atoms with Gasteiger partial charge in [0.05, 0.1) is 19.8 Å². The molecule has 0 unspecified atom stereocenters. The Hall–Kier alpha value is -0.850. The van der Waals surface area contributed by atoms with Gasteiger partial charge < -0.3 is 19.7 Å². The van der Waals surface area contributed by atoms with Gasteiger partial charge in [0.15, 0.2) is 5.96 Å². The topological polar surface area (TPSA) is 49.3 Å². The number of ether oxygens (including phenoxy) is 2. The molecule has 1 saturated heterocycles. The molecule has 0 bridgehead atoms. The van der Waals surface area contributed by atoms with E-state index in [1.54, 1.807) is 0 Å². The molecule has 2 aliphatic carbocycles. The van der Waals surface area contributed by atoms with Crippen LogP contribution in [0, 0.1) is 11.3 Å². The second-order valence-corrected chi connectivity index (χ2v) is 8.79. The number of morpholine rings is 1. The zero-order valence-electron chi connectivity index (χ0n) is 17.5. The van der Waals surface area contributed by atoms with E-state index in [1.165, 1.54) is 51.5 Å². The summed E-state index contributed by atoms with van der Waals surface area (Å²) in [5.74, 6) is 1.83. The Morgan fingerprint density at radius 1 is 1.22 bits per heavy atom. The molecule has 3 rings (SSSR count). The van der Waals surface area contributed by atoms with Gasteiger partial charge in [0.1, 0.15) is 0 Å². The summed E-state index contributed by atoms with van der Waals surface area (Å²) in [6.45, 7) is 8.74. The summed E-state index contributed by atoms with van der Waals surface area (Å²) in [5, 5.41) is 3.69. The Morgan fingerprint density at radius 3 is 2.63 bits per heavy atom. The number of aliphatic imine (C=N–C) groups is 1. The van der Waals surface area contributed by atoms with Crippen LogP contribution < -0.4 is 5.32 Å². The molecule has 0 aromatic heterocycles. The van der Waals surface area contributed by atoms with Crippen molar-refractivity contribution in [2.24, 2.45) is 16.3 Å². The van der Waals surface area contributed by atoms with Crippen LogP contribution in [-0.4, -0.2) is 89.0 Å². The van der Waals surface area contributed by atoms with Gasteiger partial charge in [0, 0.05) is 58.8 Å². The van der Waals surface area contributed by atoms with Crippen molar-refractivity contribution in [2.75, 3.05) is 73.2 Å². The molecule has 6 nitrogen and oxygen atoms in total. The van der Waals surface area contributed by atoms with Gasteiger partial charge in [-0.3, -0.25) is 9.89 Å². The third-order valence-corrected chi connectivity index (χ3v) is 6.39. The van der Waals surface area contributed by atoms with Gasteiger partial charge in [0.2, 0.25) is 0 Å². The highest BCUT2D eigenvalue weighted by atomic mass is 16.5. The van der Waals surface area contributed by atoms with Crippen molar-refractivity contribution in [3.63, 3.8) is 0 Å². The van der Waals surface area contributed by atoms with Crippen molar-refractivity contribution < 1.29 is 9.47 Å². The van der Waals surface area contributed by atoms with Crippen LogP contribution in [-0.2, 0) is 9.47 Å². The zero-order valence-corrected chi connectivity index (χ0v) is 17.5. The highest BCUT2D eigenvalue weighted by Crippen LogP contribution is 2.36. The van der Waals surface area contributed by atoms with Crippen molar-refractivity contribution in [2.45, 2.75) is 44.9 Å². The van der Waals surface area contributed by atoms with Crippen LogP contribution >= 0.6 is 0 Å². The molecule has 156 valence electrons. The van der Waals surface area contributed by atoms with Crippen LogP contribution in [0.4, 0.5) is 0 Å². The van der Waals surface area contributed by atoms with Gasteiger partial charge in [-0.05, 0) is 31.6 Å². The first-order chi connectivity index (χ1) is 13.2. The van der Waals surface area contributed by atoms with Crippen LogP contribution in [0.15, 0.2) is 4.99 Å². The fourth-order valence-corrected chi connectivity index (χ4v) is 4.42. The molecule has 0 aromatic carbocycles. The number of guanidine groups is 1. The van der Waals surface area contributed by atoms with Crippen LogP contribution in [0.1, 0.15) is 44.9 Å². The van der Waals surface area contributed by atoms with Gasteiger partial charge in [-0.15, -0.1) is 0 Å². The molecular formula is C21H40N4O2. The molecule has 0 radical (unpaired) electrons. The minimum absolute atomic E-state index is 0.370. The third-order valence-electron chi connectivity index (χ3n) is 6.39. The number of hydrogen-bond donors (Lipinski definition) is 1. The highest BCUT2D eigenvalue weighted by molar-refractivity contribution is 5.79. The standard InChI is InChI=1S/C21H40N4O2/c1-22-20(24(2)10-13-27-16-19-6-7-19)23-17-21(8-4-3-5-9-21)18-25-11-14-26-15-12-25/h19H,3-18H2,1-2H3,(H,22,23). The molecule has 1 aliphatic heterocycles. The monoisotopic (exact) mass is 380 g/mol. The lowest BCUT2D eigenvalue weighted by atomic mass is 9.73. The molecule has 1 heterocycles. The van der Waals surface area contributed by atoms with Crippen molar-refractivity contribution in [1.29, 1.82) is 0 Å². The summed E-state index contributed by atoms with van der Waals surface area (Å²) >= 11 is 0. The SMILES string of the molecule is CN=C(NCC1(CN2CCOCC2)CCCCC1)N(C)CCOCC1CC1. The molecule has 1 N–H and O–H groups in total. The smallest absolute Gasteiger partial charge is 0.193 e. The molecule has 27 heavy (non-hydrogen) atoms. The lowest BCUT2D eigenvalue weighted by Crippen LogP contribution is -2.51. The van der Waals surface area contributed by atoms with Crippen LogP contribution in [0.2, 0.25) is 0 Å². The lowest BCUT2D eigenvalue weighted by Gasteiger charge is -2.43. The normalized spacial score (nSPS) is 24.0. The molecule has 0 aromatic rings. The summed E-state index contributed by atoms with van der Waals surface area (Å²) < 4.78 is 11.3. The molecule has 2 saturated carbocycles. The Kier molecular flexibility index (Phi) is 8.22. The molecular weight excluding hydrogens is 340 g/mol. The Balaban J connectivity index is 1.46. The fourth-order valence-electron chi connectivity index (χ4n) is 4.42. The number of nitrogens with zero attached hydrogens (tertiary/aromatic N) is 3. The molecule has 3 fully saturated rings. The Labute approximate surface area is 165 Å². The van der Waals surface area contributed by atoms with Gasteiger partial charge in [0.25, 0.3) is 0 Å². The van der Waals surface area contributed by atoms with Gasteiger partial charge in [-0.25, -0.2) is 0 Å². The number of nitrogens with one attached hydrogen (secondary N) is 1. The van der Waals surface area contributed by atoms with Gasteiger partial charge in [-0.2, -0.15) is 0 Å². The first kappa shape index (κ1) is 20.9. The quantitative estimate of drug-likeness (QED) is 0.378. The van der Waals surface area contributed by atoms with E-state index in [1.807, 2.05) is 7.05 Å². The summed E-state index contributed by atoms with van der Waals surface area (Å²) in [4.78, 5) is 9.33. The Bertz CT molecular complexity index is 455. The fraction of sp³-hybridized carbons (Fsp3) is 0.952. The van der Waals surface area contributed by atoms with E-state index in [4.69, 9.17) is 9.47 Å². The number of likely N-dealkylation sites (N-methyl/N-ethyl adjacent to an activating group) is 1. The third kappa shape index (κ3) is 6.91. The number of rotatable bonds is 9.